The molecule has 3 aromatic heterocycles. The third kappa shape index (κ3) is 7.22. The van der Waals surface area contributed by atoms with Gasteiger partial charge in [0.2, 0.25) is 0 Å². The number of methoxy groups -OCH3 is 1. The molecule has 2 N–H and O–H groups in total. The number of nitrogens with one attached hydrogen (secondary N) is 1. The minimum absolute atomic E-state index is 0.313. The van der Waals surface area contributed by atoms with E-state index in [1.54, 1.807) is 13.2 Å². The van der Waals surface area contributed by atoms with E-state index in [1.807, 2.05) is 23.4 Å². The molecule has 1 amide bonds. The van der Waals surface area contributed by atoms with Crippen LogP contribution in [-0.2, 0) is 16.1 Å². The average Bonchev–Trinajstić information content (AvgIpc) is 3.49. The fourth-order valence-electron chi connectivity index (χ4n) is 4.24. The summed E-state index contributed by atoms with van der Waals surface area (Å²) in [6, 6.07) is 3.46. The molecule has 1 saturated heterocycles. The molecule has 204 valence electrons. The number of nitrogens with zero attached hydrogens (tertiary/aromatic N) is 4. The minimum Gasteiger partial charge on any atom is -0.481 e. The summed E-state index contributed by atoms with van der Waals surface area (Å²) in [7, 11) is 3.73. The molecule has 1 fully saturated rings. The second kappa shape index (κ2) is 13.2. The first-order valence-corrected chi connectivity index (χ1v) is 14.6. The number of carboxylic acids is 1. The largest absolute Gasteiger partial charge is 0.481 e. The Labute approximate surface area is 239 Å². The predicted octanol–water partition coefficient (Wildman–Crippen LogP) is 5.60. The zero-order chi connectivity index (χ0) is 27.2. The van der Waals surface area contributed by atoms with Crippen LogP contribution in [0.25, 0.3) is 10.6 Å². The van der Waals surface area contributed by atoms with Gasteiger partial charge in [0.15, 0.2) is 5.13 Å². The smallest absolute Gasteiger partial charge is 0.306 e. The summed E-state index contributed by atoms with van der Waals surface area (Å²) in [6.45, 7) is 3.32. The summed E-state index contributed by atoms with van der Waals surface area (Å²) in [5, 5.41) is 15.4. The highest BCUT2D eigenvalue weighted by molar-refractivity contribution is 7.17. The molecule has 0 aliphatic carbocycles. The molecule has 1 aliphatic rings. The number of thiophene rings is 1. The van der Waals surface area contributed by atoms with Gasteiger partial charge in [-0.25, -0.2) is 9.97 Å². The number of thiazole rings is 1. The maximum Gasteiger partial charge on any atom is 0.306 e. The van der Waals surface area contributed by atoms with Crippen LogP contribution in [0.4, 0.5) is 10.9 Å². The predicted molar refractivity (Wildman–Crippen MR) is 153 cm³/mol. The van der Waals surface area contributed by atoms with E-state index in [0.29, 0.717) is 65.6 Å². The van der Waals surface area contributed by atoms with Gasteiger partial charge in [-0.05, 0) is 38.4 Å². The second-order valence-electron chi connectivity index (χ2n) is 9.09. The summed E-state index contributed by atoms with van der Waals surface area (Å²) in [4.78, 5) is 39.5. The molecule has 0 radical (unpaired) electrons. The third-order valence-electron chi connectivity index (χ3n) is 6.25. The molecule has 1 aliphatic heterocycles. The van der Waals surface area contributed by atoms with Crippen LogP contribution in [0.15, 0.2) is 23.7 Å². The highest BCUT2D eigenvalue weighted by Gasteiger charge is 2.26. The second-order valence-corrected chi connectivity index (χ2v) is 11.9. The van der Waals surface area contributed by atoms with Crippen LogP contribution in [0.3, 0.4) is 0 Å². The van der Waals surface area contributed by atoms with Crippen LogP contribution in [0, 0.1) is 5.92 Å². The molecule has 0 saturated carbocycles. The molecule has 0 unspecified atom stereocenters. The maximum atomic E-state index is 13.1. The highest BCUT2D eigenvalue weighted by atomic mass is 35.5. The normalized spacial score (nSPS) is 14.3. The lowest BCUT2D eigenvalue weighted by Crippen LogP contribution is -2.37. The van der Waals surface area contributed by atoms with E-state index in [0.717, 1.165) is 28.4 Å². The molecule has 3 aromatic rings. The van der Waals surface area contributed by atoms with Gasteiger partial charge in [-0.1, -0.05) is 34.5 Å². The number of carboxylic acid groups (broad SMARTS) is 1. The van der Waals surface area contributed by atoms with Crippen molar-refractivity contribution in [3.8, 4) is 10.6 Å². The number of anilines is 2. The summed E-state index contributed by atoms with van der Waals surface area (Å²) < 4.78 is 5.16. The lowest BCUT2D eigenvalue weighted by molar-refractivity contribution is -0.142. The Morgan fingerprint density at radius 3 is 2.68 bits per heavy atom. The van der Waals surface area contributed by atoms with Crippen LogP contribution in [0.1, 0.15) is 34.5 Å². The number of carbonyl (C=O) groups excluding carboxylic acids is 1. The van der Waals surface area contributed by atoms with Crippen LogP contribution < -0.4 is 10.2 Å². The van der Waals surface area contributed by atoms with E-state index in [2.05, 4.69) is 15.2 Å². The number of pyridine rings is 1. The number of aliphatic carboxylic acids is 1. The van der Waals surface area contributed by atoms with Gasteiger partial charge in [-0.15, -0.1) is 11.3 Å². The monoisotopic (exact) mass is 597 g/mol. The van der Waals surface area contributed by atoms with Gasteiger partial charge in [0.05, 0.1) is 32.1 Å². The molecular formula is C25H29Cl2N5O4S2. The lowest BCUT2D eigenvalue weighted by Gasteiger charge is -2.31. The molecule has 4 rings (SSSR count). The average molecular weight is 599 g/mol. The topological polar surface area (TPSA) is 108 Å². The van der Waals surface area contributed by atoms with Gasteiger partial charge < -0.3 is 19.6 Å². The van der Waals surface area contributed by atoms with Gasteiger partial charge in [-0.2, -0.15) is 0 Å². The van der Waals surface area contributed by atoms with Crippen molar-refractivity contribution in [2.45, 2.75) is 25.8 Å². The summed E-state index contributed by atoms with van der Waals surface area (Å²) in [5.41, 5.74) is 1.12. The number of aromatic nitrogens is 2. The van der Waals surface area contributed by atoms with Crippen molar-refractivity contribution in [2.75, 3.05) is 50.6 Å². The zero-order valence-electron chi connectivity index (χ0n) is 21.1. The first-order valence-electron chi connectivity index (χ1n) is 12.1. The van der Waals surface area contributed by atoms with E-state index < -0.39 is 5.97 Å². The van der Waals surface area contributed by atoms with Crippen molar-refractivity contribution in [3.05, 3.63) is 44.2 Å². The molecule has 9 nitrogen and oxygen atoms in total. The number of piperidine rings is 1. The van der Waals surface area contributed by atoms with Gasteiger partial charge in [0.25, 0.3) is 5.91 Å². The number of ether oxygens (including phenoxy) is 1. The summed E-state index contributed by atoms with van der Waals surface area (Å²) in [5.74, 6) is -0.931. The van der Waals surface area contributed by atoms with Crippen molar-refractivity contribution in [3.63, 3.8) is 0 Å². The molecular weight excluding hydrogens is 569 g/mol. The van der Waals surface area contributed by atoms with Gasteiger partial charge in [0, 0.05) is 56.3 Å². The molecule has 0 atom stereocenters. The van der Waals surface area contributed by atoms with Crippen LogP contribution in [0.5, 0.6) is 0 Å². The standard InChI is InChI=1S/C25H29Cl2N5O4S2/c1-31(6-3-9-36-2)13-20-21(19-11-17(26)14-37-19)29-25(38-20)30-23(33)16-10-18(27)22(28-12-16)32-7-4-15(5-8-32)24(34)35/h10-12,14-15H,3-9,13H2,1-2H3,(H,34,35)(H,29,30,33). The Bertz CT molecular complexity index is 1280. The Kier molecular flexibility index (Phi) is 9.97. The van der Waals surface area contributed by atoms with Gasteiger partial charge >= 0.3 is 5.97 Å². The fourth-order valence-corrected chi connectivity index (χ4v) is 6.73. The quantitative estimate of drug-likeness (QED) is 0.275. The molecule has 4 heterocycles. The lowest BCUT2D eigenvalue weighted by atomic mass is 9.97. The number of carbonyl (C=O) groups is 2. The van der Waals surface area contributed by atoms with E-state index >= 15 is 0 Å². The number of rotatable bonds is 11. The van der Waals surface area contributed by atoms with Crippen LogP contribution in [0.2, 0.25) is 10.0 Å². The first kappa shape index (κ1) is 28.7. The SMILES string of the molecule is COCCCN(C)Cc1sc(NC(=O)c2cnc(N3CCC(C(=O)O)CC3)c(Cl)c2)nc1-c1cc(Cl)cs1. The van der Waals surface area contributed by atoms with Crippen molar-refractivity contribution in [1.29, 1.82) is 0 Å². The molecule has 0 bridgehead atoms. The van der Waals surface area contributed by atoms with E-state index in [1.165, 1.54) is 28.9 Å². The number of halogens is 2. The Balaban J connectivity index is 1.47. The van der Waals surface area contributed by atoms with E-state index in [4.69, 9.17) is 32.9 Å². The van der Waals surface area contributed by atoms with E-state index in [9.17, 15) is 14.7 Å². The van der Waals surface area contributed by atoms with Crippen molar-refractivity contribution < 1.29 is 19.4 Å². The van der Waals surface area contributed by atoms with Gasteiger partial charge in [-0.3, -0.25) is 14.9 Å². The summed E-state index contributed by atoms with van der Waals surface area (Å²) in [6.07, 6.45) is 3.46. The molecule has 13 heteroatoms. The van der Waals surface area contributed by atoms with Crippen molar-refractivity contribution in [2.24, 2.45) is 5.92 Å². The third-order valence-corrected chi connectivity index (χ3v) is 8.77. The molecule has 0 spiro atoms. The Hall–Kier alpha value is -2.28. The number of hydrogen-bond donors (Lipinski definition) is 2. The minimum atomic E-state index is -0.774. The Morgan fingerprint density at radius 1 is 1.29 bits per heavy atom. The van der Waals surface area contributed by atoms with E-state index in [-0.39, 0.29) is 11.8 Å². The van der Waals surface area contributed by atoms with Crippen molar-refractivity contribution in [1.82, 2.24) is 14.9 Å². The zero-order valence-corrected chi connectivity index (χ0v) is 24.2. The fraction of sp³-hybridized carbons (Fsp3) is 0.440. The molecule has 0 aromatic carbocycles. The van der Waals surface area contributed by atoms with Gasteiger partial charge in [0.1, 0.15) is 5.82 Å². The highest BCUT2D eigenvalue weighted by Crippen LogP contribution is 2.37. The number of hydrogen-bond acceptors (Lipinski definition) is 9. The van der Waals surface area contributed by atoms with Crippen LogP contribution >= 0.6 is 45.9 Å². The Morgan fingerprint density at radius 2 is 2.05 bits per heavy atom. The molecule has 38 heavy (non-hydrogen) atoms. The number of amides is 1. The summed E-state index contributed by atoms with van der Waals surface area (Å²) >= 11 is 15.6. The van der Waals surface area contributed by atoms with Crippen molar-refractivity contribution >= 4 is 68.7 Å². The first-order chi connectivity index (χ1) is 18.2. The van der Waals surface area contributed by atoms with Crippen LogP contribution in [-0.4, -0.2) is 72.2 Å². The maximum absolute atomic E-state index is 13.1.